The van der Waals surface area contributed by atoms with Crippen molar-refractivity contribution in [2.45, 2.75) is 0 Å². The Hall–Kier alpha value is -1.80. The summed E-state index contributed by atoms with van der Waals surface area (Å²) in [5.41, 5.74) is 2.02. The van der Waals surface area contributed by atoms with E-state index in [0.29, 0.717) is 0 Å². The Morgan fingerprint density at radius 3 is 2.62 bits per heavy atom. The van der Waals surface area contributed by atoms with E-state index in [-0.39, 0.29) is 0 Å². The first kappa shape index (κ1) is 9.43. The summed E-state index contributed by atoms with van der Waals surface area (Å²) in [5.74, 6) is 0. The van der Waals surface area contributed by atoms with Crippen molar-refractivity contribution < 1.29 is 0 Å². The van der Waals surface area contributed by atoms with Crippen LogP contribution in [0.3, 0.4) is 0 Å². The van der Waals surface area contributed by atoms with Gasteiger partial charge in [0.05, 0.1) is 11.9 Å². The average molecular weight is 229 g/mol. The van der Waals surface area contributed by atoms with Gasteiger partial charge in [-0.25, -0.2) is 9.07 Å². The molecule has 0 aliphatic heterocycles. The van der Waals surface area contributed by atoms with Crippen LogP contribution in [0.2, 0.25) is 0 Å². The molecule has 0 N–H and O–H groups in total. The van der Waals surface area contributed by atoms with E-state index in [9.17, 15) is 0 Å². The van der Waals surface area contributed by atoms with E-state index in [2.05, 4.69) is 29.2 Å². The molecule has 1 heterocycles. The molecule has 2 nitrogen and oxygen atoms in total. The maximum Gasteiger partial charge on any atom is 0.111 e. The fraction of sp³-hybridized carbons (Fsp3) is 0. The highest BCUT2D eigenvalue weighted by Gasteiger charge is 2.06. The molecule has 2 aromatic carbocycles. The van der Waals surface area contributed by atoms with Crippen molar-refractivity contribution in [3.05, 3.63) is 55.0 Å². The van der Waals surface area contributed by atoms with Crippen molar-refractivity contribution in [2.24, 2.45) is 0 Å². The van der Waals surface area contributed by atoms with Gasteiger partial charge in [0.25, 0.3) is 0 Å². The number of hydrogen-bond donors (Lipinski definition) is 0. The van der Waals surface area contributed by atoms with Crippen LogP contribution in [0.4, 0.5) is 0 Å². The molecule has 0 saturated carbocycles. The van der Waals surface area contributed by atoms with Crippen LogP contribution in [0.15, 0.2) is 55.0 Å². The molecule has 3 rings (SSSR count). The lowest BCUT2D eigenvalue weighted by Gasteiger charge is -2.05. The fourth-order valence-electron chi connectivity index (χ4n) is 1.91. The number of benzene rings is 2. The Balaban J connectivity index is 2.36. The van der Waals surface area contributed by atoms with Gasteiger partial charge in [0, 0.05) is 17.3 Å². The predicted octanol–water partition coefficient (Wildman–Crippen LogP) is 3.71. The highest BCUT2D eigenvalue weighted by Crippen LogP contribution is 2.28. The number of hydrogen-bond acceptors (Lipinski definition) is 1. The largest absolute Gasteiger partial charge is 0.243 e. The number of imidazole rings is 1. The second-order valence-corrected chi connectivity index (χ2v) is 3.98. The van der Waals surface area contributed by atoms with E-state index >= 15 is 0 Å². The number of fused-ring (bicyclic) bond motifs is 1. The van der Waals surface area contributed by atoms with Gasteiger partial charge in [-0.15, -0.1) is 0 Å². The van der Waals surface area contributed by atoms with Crippen LogP contribution >= 0.6 is 11.8 Å². The van der Waals surface area contributed by atoms with Gasteiger partial charge < -0.3 is 0 Å². The van der Waals surface area contributed by atoms with E-state index < -0.39 is 0 Å². The summed E-state index contributed by atoms with van der Waals surface area (Å²) in [7, 11) is 0. The molecule has 16 heavy (non-hydrogen) atoms. The monoisotopic (exact) mass is 228 g/mol. The topological polar surface area (TPSA) is 17.8 Å². The molecule has 0 saturated heterocycles. The number of halogens is 1. The van der Waals surface area contributed by atoms with Gasteiger partial charge >= 0.3 is 0 Å². The smallest absolute Gasteiger partial charge is 0.111 e. The van der Waals surface area contributed by atoms with Crippen molar-refractivity contribution in [2.75, 3.05) is 0 Å². The molecular formula is C13H9ClN2. The summed E-state index contributed by atoms with van der Waals surface area (Å²) in [5, 5.41) is 2.39. The van der Waals surface area contributed by atoms with Gasteiger partial charge in [0.2, 0.25) is 0 Å². The van der Waals surface area contributed by atoms with E-state index in [4.69, 9.17) is 11.8 Å². The van der Waals surface area contributed by atoms with Crippen LogP contribution in [-0.4, -0.2) is 9.07 Å². The molecule has 0 aliphatic carbocycles. The van der Waals surface area contributed by atoms with Gasteiger partial charge in [-0.05, 0) is 10.8 Å². The van der Waals surface area contributed by atoms with Crippen LogP contribution in [-0.2, 0) is 0 Å². The van der Waals surface area contributed by atoms with Crippen molar-refractivity contribution in [3.63, 3.8) is 0 Å². The van der Waals surface area contributed by atoms with Crippen LogP contribution in [0.5, 0.6) is 0 Å². The molecule has 0 atom stereocenters. The third-order valence-corrected chi connectivity index (χ3v) is 2.93. The zero-order valence-corrected chi connectivity index (χ0v) is 9.22. The minimum Gasteiger partial charge on any atom is -0.243 e. The molecule has 3 heteroatoms. The second kappa shape index (κ2) is 3.65. The Morgan fingerprint density at radius 2 is 1.81 bits per heavy atom. The van der Waals surface area contributed by atoms with Crippen LogP contribution in [0.1, 0.15) is 0 Å². The lowest BCUT2D eigenvalue weighted by atomic mass is 10.0. The molecule has 1 aromatic heterocycles. The standard InChI is InChI=1S/C13H9ClN2/c14-16-9-15-8-13(16)12-7-3-5-10-4-1-2-6-11(10)12/h1-9H. The summed E-state index contributed by atoms with van der Waals surface area (Å²) >= 11 is 6.03. The molecule has 3 aromatic rings. The molecule has 0 radical (unpaired) electrons. The Bertz CT molecular complexity index is 638. The first-order valence-electron chi connectivity index (χ1n) is 5.03. The molecule has 0 unspecified atom stereocenters. The fourth-order valence-corrected chi connectivity index (χ4v) is 2.10. The maximum atomic E-state index is 6.03. The molecule has 0 spiro atoms. The minimum atomic E-state index is 0.915. The van der Waals surface area contributed by atoms with Gasteiger partial charge in [0.1, 0.15) is 6.33 Å². The first-order valence-corrected chi connectivity index (χ1v) is 5.37. The van der Waals surface area contributed by atoms with Crippen molar-refractivity contribution in [3.8, 4) is 11.3 Å². The SMILES string of the molecule is Cln1cncc1-c1cccc2ccccc12. The Morgan fingerprint density at radius 1 is 1.00 bits per heavy atom. The predicted molar refractivity (Wildman–Crippen MR) is 66.4 cm³/mol. The van der Waals surface area contributed by atoms with E-state index in [1.807, 2.05) is 18.2 Å². The third-order valence-electron chi connectivity index (χ3n) is 2.66. The van der Waals surface area contributed by atoms with Crippen LogP contribution < -0.4 is 0 Å². The number of aromatic nitrogens is 2. The van der Waals surface area contributed by atoms with Crippen molar-refractivity contribution in [1.29, 1.82) is 0 Å². The molecule has 0 aliphatic rings. The van der Waals surface area contributed by atoms with Crippen molar-refractivity contribution in [1.82, 2.24) is 9.07 Å². The van der Waals surface area contributed by atoms with Crippen LogP contribution in [0, 0.1) is 0 Å². The van der Waals surface area contributed by atoms with E-state index in [0.717, 1.165) is 11.3 Å². The van der Waals surface area contributed by atoms with Gasteiger partial charge in [0.15, 0.2) is 0 Å². The van der Waals surface area contributed by atoms with E-state index in [1.165, 1.54) is 14.9 Å². The molecule has 0 bridgehead atoms. The average Bonchev–Trinajstić information content (AvgIpc) is 2.75. The van der Waals surface area contributed by atoms with E-state index in [1.54, 1.807) is 12.5 Å². The van der Waals surface area contributed by atoms with Gasteiger partial charge in [-0.1, -0.05) is 42.5 Å². The Kier molecular flexibility index (Phi) is 2.15. The third kappa shape index (κ3) is 1.39. The lowest BCUT2D eigenvalue weighted by Crippen LogP contribution is -1.85. The normalized spacial score (nSPS) is 10.8. The summed E-state index contributed by atoms with van der Waals surface area (Å²) in [6.45, 7) is 0. The molecule has 0 fully saturated rings. The minimum absolute atomic E-state index is 0.915. The molecular weight excluding hydrogens is 220 g/mol. The summed E-state index contributed by atoms with van der Waals surface area (Å²) in [6, 6.07) is 14.4. The molecule has 0 amide bonds. The van der Waals surface area contributed by atoms with Crippen molar-refractivity contribution >= 4 is 22.5 Å². The van der Waals surface area contributed by atoms with Crippen LogP contribution in [0.25, 0.3) is 22.0 Å². The zero-order valence-electron chi connectivity index (χ0n) is 8.47. The second-order valence-electron chi connectivity index (χ2n) is 3.62. The number of nitrogens with zero attached hydrogens (tertiary/aromatic N) is 2. The summed E-state index contributed by atoms with van der Waals surface area (Å²) in [6.07, 6.45) is 3.37. The maximum absolute atomic E-state index is 6.03. The summed E-state index contributed by atoms with van der Waals surface area (Å²) < 4.78 is 1.52. The molecule has 78 valence electrons. The highest BCUT2D eigenvalue weighted by molar-refractivity contribution is 6.17. The highest BCUT2D eigenvalue weighted by atomic mass is 35.5. The van der Waals surface area contributed by atoms with Gasteiger partial charge in [-0.3, -0.25) is 0 Å². The van der Waals surface area contributed by atoms with Gasteiger partial charge in [-0.2, -0.15) is 0 Å². The quantitative estimate of drug-likeness (QED) is 0.621. The first-order chi connectivity index (χ1) is 7.86. The number of rotatable bonds is 1. The Labute approximate surface area is 98.2 Å². The summed E-state index contributed by atoms with van der Waals surface area (Å²) in [4.78, 5) is 4.04. The lowest BCUT2D eigenvalue weighted by molar-refractivity contribution is 1.22. The zero-order chi connectivity index (χ0) is 11.0.